The molecule has 2 aliphatic rings. The van der Waals surface area contributed by atoms with E-state index in [1.165, 1.54) is 6.07 Å². The highest BCUT2D eigenvalue weighted by Gasteiger charge is 2.41. The zero-order valence-corrected chi connectivity index (χ0v) is 15.9. The molecule has 0 fully saturated rings. The molecule has 1 heterocycles. The van der Waals surface area contributed by atoms with Gasteiger partial charge in [-0.15, -0.1) is 0 Å². The lowest BCUT2D eigenvalue weighted by molar-refractivity contribution is -0.120. The number of amides is 2. The number of ether oxygens (including phenoxy) is 2. The van der Waals surface area contributed by atoms with Crippen LogP contribution in [0, 0.1) is 17.7 Å². The molecule has 0 saturated heterocycles. The van der Waals surface area contributed by atoms with E-state index in [1.807, 2.05) is 0 Å². The van der Waals surface area contributed by atoms with E-state index in [4.69, 9.17) is 21.1 Å². The number of rotatable bonds is 4. The molecule has 27 heavy (non-hydrogen) atoms. The van der Waals surface area contributed by atoms with Crippen LogP contribution < -0.4 is 9.64 Å². The molecule has 1 unspecified atom stereocenters. The van der Waals surface area contributed by atoms with Crippen molar-refractivity contribution >= 4 is 29.1 Å². The van der Waals surface area contributed by atoms with Crippen molar-refractivity contribution in [2.45, 2.75) is 38.7 Å². The number of carbonyl (C=O) groups excluding carboxylic acids is 2. The van der Waals surface area contributed by atoms with Crippen molar-refractivity contribution < 1.29 is 23.5 Å². The maximum Gasteiger partial charge on any atom is 0.261 e. The lowest BCUT2D eigenvalue weighted by Crippen LogP contribution is -2.32. The molecule has 0 bridgehead atoms. The molecule has 1 aromatic carbocycles. The molecule has 0 radical (unpaired) electrons. The topological polar surface area (TPSA) is 55.8 Å². The maximum absolute atomic E-state index is 14.5. The second-order valence-electron chi connectivity index (χ2n) is 6.33. The Labute approximate surface area is 162 Å². The third-order valence-corrected chi connectivity index (χ3v) is 4.89. The summed E-state index contributed by atoms with van der Waals surface area (Å²) < 4.78 is 25.0. The molecule has 7 heteroatoms. The van der Waals surface area contributed by atoms with Gasteiger partial charge in [-0.05, 0) is 38.7 Å². The molecule has 142 valence electrons. The fourth-order valence-corrected chi connectivity index (χ4v) is 3.32. The Morgan fingerprint density at radius 2 is 1.85 bits per heavy atom. The van der Waals surface area contributed by atoms with Gasteiger partial charge in [-0.2, -0.15) is 0 Å². The van der Waals surface area contributed by atoms with E-state index >= 15 is 0 Å². The average molecular weight is 392 g/mol. The highest BCUT2D eigenvalue weighted by molar-refractivity contribution is 6.34. The first-order chi connectivity index (χ1) is 12.9. The predicted octanol–water partition coefficient (Wildman–Crippen LogP) is 3.64. The number of methoxy groups -OCH3 is 1. The first kappa shape index (κ1) is 19.4. The van der Waals surface area contributed by atoms with Gasteiger partial charge in [0.1, 0.15) is 24.3 Å². The third-order valence-electron chi connectivity index (χ3n) is 4.59. The molecule has 1 aliphatic heterocycles. The number of imide groups is 1. The van der Waals surface area contributed by atoms with Crippen molar-refractivity contribution in [3.63, 3.8) is 0 Å². The van der Waals surface area contributed by atoms with E-state index in [0.29, 0.717) is 24.0 Å². The van der Waals surface area contributed by atoms with Gasteiger partial charge in [0.15, 0.2) is 0 Å². The quantitative estimate of drug-likeness (QED) is 0.581. The van der Waals surface area contributed by atoms with Crippen LogP contribution in [0.15, 0.2) is 23.3 Å². The van der Waals surface area contributed by atoms with Gasteiger partial charge in [0.05, 0.1) is 10.7 Å². The minimum absolute atomic E-state index is 0.00906. The molecular formula is C20H19ClFNO4. The van der Waals surface area contributed by atoms with E-state index < -0.39 is 17.6 Å². The average Bonchev–Trinajstić information content (AvgIpc) is 2.91. The number of hydrogen-bond donors (Lipinski definition) is 0. The zero-order valence-electron chi connectivity index (χ0n) is 15.1. The largest absolute Gasteiger partial charge is 0.479 e. The Morgan fingerprint density at radius 3 is 2.44 bits per heavy atom. The number of anilines is 1. The standard InChI is InChI=1S/C20H19ClFNO4/c1-12(26-2)6-5-9-27-18-11-17(16(22)10-15(18)21)23-19(24)13-7-3-4-8-14(13)20(23)25/h10-12H,3-4,7-9H2,1-2H3. The molecule has 5 nitrogen and oxygen atoms in total. The Morgan fingerprint density at radius 1 is 1.22 bits per heavy atom. The molecule has 0 aromatic heterocycles. The van der Waals surface area contributed by atoms with E-state index in [2.05, 4.69) is 11.8 Å². The normalized spacial score (nSPS) is 17.6. The fourth-order valence-electron chi connectivity index (χ4n) is 3.12. The number of halogens is 2. The van der Waals surface area contributed by atoms with Crippen LogP contribution in [0.1, 0.15) is 32.6 Å². The Balaban J connectivity index is 1.85. The van der Waals surface area contributed by atoms with Gasteiger partial charge in [-0.3, -0.25) is 9.59 Å². The summed E-state index contributed by atoms with van der Waals surface area (Å²) >= 11 is 6.03. The zero-order chi connectivity index (χ0) is 19.6. The summed E-state index contributed by atoms with van der Waals surface area (Å²) in [7, 11) is 1.54. The minimum Gasteiger partial charge on any atom is -0.479 e. The summed E-state index contributed by atoms with van der Waals surface area (Å²) in [6, 6.07) is 2.31. The summed E-state index contributed by atoms with van der Waals surface area (Å²) in [6.45, 7) is 1.80. The Bertz CT molecular complexity index is 856. The molecule has 0 spiro atoms. The Kier molecular flexibility index (Phi) is 5.83. The number of carbonyl (C=O) groups is 2. The van der Waals surface area contributed by atoms with Crippen LogP contribution in [0.3, 0.4) is 0 Å². The van der Waals surface area contributed by atoms with Gasteiger partial charge < -0.3 is 9.47 Å². The highest BCUT2D eigenvalue weighted by Crippen LogP contribution is 2.39. The smallest absolute Gasteiger partial charge is 0.261 e. The van der Waals surface area contributed by atoms with Crippen molar-refractivity contribution in [3.05, 3.63) is 34.1 Å². The SMILES string of the molecule is COC(C)C#CCOc1cc(N2C(=O)C3=C(CCCC3)C2=O)c(F)cc1Cl. The maximum atomic E-state index is 14.5. The number of benzene rings is 1. The predicted molar refractivity (Wildman–Crippen MR) is 99.1 cm³/mol. The molecular weight excluding hydrogens is 373 g/mol. The first-order valence-electron chi connectivity index (χ1n) is 8.68. The van der Waals surface area contributed by atoms with Crippen molar-refractivity contribution in [3.8, 4) is 17.6 Å². The summed E-state index contributed by atoms with van der Waals surface area (Å²) in [5, 5.41) is 0.0367. The minimum atomic E-state index is -0.756. The lowest BCUT2D eigenvalue weighted by atomic mass is 9.93. The van der Waals surface area contributed by atoms with Gasteiger partial charge in [-0.1, -0.05) is 23.4 Å². The van der Waals surface area contributed by atoms with E-state index in [-0.39, 0.29) is 29.2 Å². The van der Waals surface area contributed by atoms with Crippen molar-refractivity contribution in [1.82, 2.24) is 0 Å². The van der Waals surface area contributed by atoms with Crippen LogP contribution in [0.4, 0.5) is 10.1 Å². The fraction of sp³-hybridized carbons (Fsp3) is 0.400. The summed E-state index contributed by atoms with van der Waals surface area (Å²) in [4.78, 5) is 26.2. The summed E-state index contributed by atoms with van der Waals surface area (Å²) in [6.07, 6.45) is 2.54. The van der Waals surface area contributed by atoms with Crippen LogP contribution >= 0.6 is 11.6 Å². The summed E-state index contributed by atoms with van der Waals surface area (Å²) in [5.41, 5.74) is 0.821. The van der Waals surface area contributed by atoms with Gasteiger partial charge in [0, 0.05) is 24.3 Å². The molecule has 1 atom stereocenters. The van der Waals surface area contributed by atoms with E-state index in [1.54, 1.807) is 14.0 Å². The van der Waals surface area contributed by atoms with E-state index in [9.17, 15) is 14.0 Å². The Hall–Kier alpha value is -2.36. The molecule has 1 aromatic rings. The van der Waals surface area contributed by atoms with Crippen molar-refractivity contribution in [2.24, 2.45) is 0 Å². The monoisotopic (exact) mass is 391 g/mol. The van der Waals surface area contributed by atoms with Crippen LogP contribution in [-0.4, -0.2) is 31.6 Å². The van der Waals surface area contributed by atoms with E-state index in [0.717, 1.165) is 23.8 Å². The first-order valence-corrected chi connectivity index (χ1v) is 9.05. The second-order valence-corrected chi connectivity index (χ2v) is 6.74. The van der Waals surface area contributed by atoms with Crippen molar-refractivity contribution in [2.75, 3.05) is 18.6 Å². The van der Waals surface area contributed by atoms with Crippen LogP contribution in [0.25, 0.3) is 0 Å². The number of nitrogens with zero attached hydrogens (tertiary/aromatic N) is 1. The van der Waals surface area contributed by atoms with Crippen LogP contribution in [0.2, 0.25) is 5.02 Å². The van der Waals surface area contributed by atoms with Gasteiger partial charge >= 0.3 is 0 Å². The molecule has 3 rings (SSSR count). The summed E-state index contributed by atoms with van der Waals surface area (Å²) in [5.74, 6) is 4.05. The molecule has 1 aliphatic carbocycles. The van der Waals surface area contributed by atoms with Gasteiger partial charge in [0.25, 0.3) is 11.8 Å². The lowest BCUT2D eigenvalue weighted by Gasteiger charge is -2.17. The molecule has 0 N–H and O–H groups in total. The third kappa shape index (κ3) is 3.85. The van der Waals surface area contributed by atoms with Gasteiger partial charge in [0.2, 0.25) is 0 Å². The van der Waals surface area contributed by atoms with Crippen molar-refractivity contribution in [1.29, 1.82) is 0 Å². The van der Waals surface area contributed by atoms with Gasteiger partial charge in [-0.25, -0.2) is 9.29 Å². The van der Waals surface area contributed by atoms with Crippen LogP contribution in [0.5, 0.6) is 5.75 Å². The highest BCUT2D eigenvalue weighted by atomic mass is 35.5. The molecule has 2 amide bonds. The second kappa shape index (κ2) is 8.12. The van der Waals surface area contributed by atoms with Crippen LogP contribution in [-0.2, 0) is 14.3 Å². The molecule has 0 saturated carbocycles. The number of hydrogen-bond acceptors (Lipinski definition) is 4.